The van der Waals surface area contributed by atoms with Crippen molar-refractivity contribution in [1.29, 1.82) is 0 Å². The second kappa shape index (κ2) is 6.55. The summed E-state index contributed by atoms with van der Waals surface area (Å²) in [5.74, 6) is 4.04. The quantitative estimate of drug-likeness (QED) is 0.739. The molecule has 0 saturated heterocycles. The molecule has 2 aromatic carbocycles. The van der Waals surface area contributed by atoms with Crippen LogP contribution in [0.1, 0.15) is 15.9 Å². The first-order chi connectivity index (χ1) is 10.1. The Hall–Kier alpha value is -2.84. The average molecular weight is 284 g/mol. The van der Waals surface area contributed by atoms with Gasteiger partial charge in [0, 0.05) is 5.69 Å². The Bertz CT molecular complexity index is 733. The molecular formula is C16H13FN2O2. The molecule has 4 nitrogen and oxygen atoms in total. The van der Waals surface area contributed by atoms with Crippen LogP contribution in [0.2, 0.25) is 0 Å². The highest BCUT2D eigenvalue weighted by Gasteiger charge is 2.11. The van der Waals surface area contributed by atoms with E-state index in [2.05, 4.69) is 17.2 Å². The molecule has 0 fully saturated rings. The predicted molar refractivity (Wildman–Crippen MR) is 78.4 cm³/mol. The summed E-state index contributed by atoms with van der Waals surface area (Å²) < 4.78 is 13.5. The van der Waals surface area contributed by atoms with Gasteiger partial charge in [0.15, 0.2) is 0 Å². The number of hydrogen-bond donors (Lipinski definition) is 3. The molecule has 0 aliphatic carbocycles. The van der Waals surface area contributed by atoms with Crippen molar-refractivity contribution in [3.8, 4) is 17.6 Å². The smallest absolute Gasteiger partial charge is 0.259 e. The summed E-state index contributed by atoms with van der Waals surface area (Å²) in [4.78, 5) is 12.0. The number of carbonyl (C=O) groups excluding carboxylic acids is 1. The Morgan fingerprint density at radius 3 is 2.76 bits per heavy atom. The second-order valence-electron chi connectivity index (χ2n) is 4.17. The molecule has 0 aliphatic heterocycles. The van der Waals surface area contributed by atoms with Crippen molar-refractivity contribution < 1.29 is 14.3 Å². The first kappa shape index (κ1) is 14.6. The number of nitrogens with one attached hydrogen (secondary N) is 1. The highest BCUT2D eigenvalue weighted by molar-refractivity contribution is 6.06. The average Bonchev–Trinajstić information content (AvgIpc) is 2.48. The minimum atomic E-state index is -0.489. The SMILES string of the molecule is NCC#Cc1cc(NC(=O)c2ccccc2O)ccc1F. The molecule has 5 heteroatoms. The van der Waals surface area contributed by atoms with E-state index in [1.807, 2.05) is 0 Å². The summed E-state index contributed by atoms with van der Waals surface area (Å²) in [5, 5.41) is 12.2. The van der Waals surface area contributed by atoms with Crippen molar-refractivity contribution in [1.82, 2.24) is 0 Å². The van der Waals surface area contributed by atoms with Gasteiger partial charge in [0.25, 0.3) is 5.91 Å². The largest absolute Gasteiger partial charge is 0.507 e. The molecule has 4 N–H and O–H groups in total. The summed E-state index contributed by atoms with van der Waals surface area (Å²) >= 11 is 0. The molecule has 0 bridgehead atoms. The van der Waals surface area contributed by atoms with Crippen LogP contribution in [-0.2, 0) is 0 Å². The molecular weight excluding hydrogens is 271 g/mol. The number of anilines is 1. The van der Waals surface area contributed by atoms with Gasteiger partial charge < -0.3 is 16.2 Å². The molecule has 0 unspecified atom stereocenters. The van der Waals surface area contributed by atoms with E-state index < -0.39 is 11.7 Å². The number of nitrogens with two attached hydrogens (primary N) is 1. The molecule has 0 aliphatic rings. The zero-order valence-electron chi connectivity index (χ0n) is 11.1. The molecule has 1 amide bonds. The van der Waals surface area contributed by atoms with Crippen molar-refractivity contribution >= 4 is 11.6 Å². The van der Waals surface area contributed by atoms with Crippen molar-refractivity contribution in [2.75, 3.05) is 11.9 Å². The zero-order valence-corrected chi connectivity index (χ0v) is 11.1. The third-order valence-electron chi connectivity index (χ3n) is 2.70. The van der Waals surface area contributed by atoms with Gasteiger partial charge in [0.05, 0.1) is 17.7 Å². The van der Waals surface area contributed by atoms with Gasteiger partial charge in [0.1, 0.15) is 11.6 Å². The van der Waals surface area contributed by atoms with Crippen LogP contribution in [0.15, 0.2) is 42.5 Å². The number of halogens is 1. The molecule has 0 saturated carbocycles. The van der Waals surface area contributed by atoms with Crippen LogP contribution < -0.4 is 11.1 Å². The molecule has 2 rings (SSSR count). The number of carbonyl (C=O) groups is 1. The third kappa shape index (κ3) is 3.59. The van der Waals surface area contributed by atoms with E-state index in [-0.39, 0.29) is 23.4 Å². The van der Waals surface area contributed by atoms with Gasteiger partial charge in [-0.15, -0.1) is 0 Å². The summed E-state index contributed by atoms with van der Waals surface area (Å²) in [6.45, 7) is 0.119. The van der Waals surface area contributed by atoms with Crippen molar-refractivity contribution in [2.24, 2.45) is 5.73 Å². The molecule has 0 radical (unpaired) electrons. The highest BCUT2D eigenvalue weighted by Crippen LogP contribution is 2.19. The Morgan fingerprint density at radius 1 is 1.29 bits per heavy atom. The van der Waals surface area contributed by atoms with E-state index in [0.29, 0.717) is 5.69 Å². The van der Waals surface area contributed by atoms with E-state index in [9.17, 15) is 14.3 Å². The van der Waals surface area contributed by atoms with Crippen LogP contribution in [0.3, 0.4) is 0 Å². The number of aromatic hydroxyl groups is 1. The molecule has 21 heavy (non-hydrogen) atoms. The Balaban J connectivity index is 2.24. The van der Waals surface area contributed by atoms with Crippen LogP contribution in [0.4, 0.5) is 10.1 Å². The van der Waals surface area contributed by atoms with Gasteiger partial charge >= 0.3 is 0 Å². The van der Waals surface area contributed by atoms with Crippen LogP contribution in [0.25, 0.3) is 0 Å². The molecule has 106 valence electrons. The molecule has 0 aromatic heterocycles. The van der Waals surface area contributed by atoms with Crippen LogP contribution in [-0.4, -0.2) is 17.6 Å². The van der Waals surface area contributed by atoms with E-state index in [1.165, 1.54) is 30.3 Å². The number of para-hydroxylation sites is 1. The standard InChI is InChI=1S/C16H13FN2O2/c17-14-8-7-12(10-11(14)4-3-9-18)19-16(21)13-5-1-2-6-15(13)20/h1-2,5-8,10,20H,9,18H2,(H,19,21). The number of hydrogen-bond acceptors (Lipinski definition) is 3. The number of amides is 1. The Labute approximate surface area is 121 Å². The molecule has 2 aromatic rings. The first-order valence-electron chi connectivity index (χ1n) is 6.19. The minimum absolute atomic E-state index is 0.119. The predicted octanol–water partition coefficient (Wildman–Crippen LogP) is 2.09. The third-order valence-corrected chi connectivity index (χ3v) is 2.70. The zero-order chi connectivity index (χ0) is 15.2. The van der Waals surface area contributed by atoms with Gasteiger partial charge in [-0.05, 0) is 30.3 Å². The van der Waals surface area contributed by atoms with E-state index >= 15 is 0 Å². The van der Waals surface area contributed by atoms with E-state index in [0.717, 1.165) is 0 Å². The number of rotatable bonds is 2. The lowest BCUT2D eigenvalue weighted by Gasteiger charge is -2.07. The monoisotopic (exact) mass is 284 g/mol. The first-order valence-corrected chi connectivity index (χ1v) is 6.19. The van der Waals surface area contributed by atoms with Crippen molar-refractivity contribution in [3.63, 3.8) is 0 Å². The van der Waals surface area contributed by atoms with Gasteiger partial charge in [-0.25, -0.2) is 4.39 Å². The Morgan fingerprint density at radius 2 is 2.05 bits per heavy atom. The number of benzene rings is 2. The van der Waals surface area contributed by atoms with Crippen molar-refractivity contribution in [2.45, 2.75) is 0 Å². The fourth-order valence-electron chi connectivity index (χ4n) is 1.71. The van der Waals surface area contributed by atoms with E-state index in [4.69, 9.17) is 5.73 Å². The maximum absolute atomic E-state index is 13.5. The minimum Gasteiger partial charge on any atom is -0.507 e. The summed E-state index contributed by atoms with van der Waals surface area (Å²) in [7, 11) is 0. The summed E-state index contributed by atoms with van der Waals surface area (Å²) in [5.41, 5.74) is 5.91. The highest BCUT2D eigenvalue weighted by atomic mass is 19.1. The number of phenolic OH excluding ortho intramolecular Hbond substituents is 1. The maximum atomic E-state index is 13.5. The van der Waals surface area contributed by atoms with Gasteiger partial charge in [-0.2, -0.15) is 0 Å². The molecule has 0 heterocycles. The van der Waals surface area contributed by atoms with Crippen LogP contribution >= 0.6 is 0 Å². The molecule has 0 atom stereocenters. The normalized spacial score (nSPS) is 9.62. The Kier molecular flexibility index (Phi) is 4.54. The van der Waals surface area contributed by atoms with E-state index in [1.54, 1.807) is 12.1 Å². The fraction of sp³-hybridized carbons (Fsp3) is 0.0625. The fourth-order valence-corrected chi connectivity index (χ4v) is 1.71. The van der Waals surface area contributed by atoms with Gasteiger partial charge in [-0.3, -0.25) is 4.79 Å². The van der Waals surface area contributed by atoms with Crippen molar-refractivity contribution in [3.05, 3.63) is 59.4 Å². The van der Waals surface area contributed by atoms with Crippen LogP contribution in [0.5, 0.6) is 5.75 Å². The van der Waals surface area contributed by atoms with Gasteiger partial charge in [0.2, 0.25) is 0 Å². The lowest BCUT2D eigenvalue weighted by atomic mass is 10.1. The molecule has 0 spiro atoms. The lowest BCUT2D eigenvalue weighted by Crippen LogP contribution is -2.12. The topological polar surface area (TPSA) is 75.3 Å². The second-order valence-corrected chi connectivity index (χ2v) is 4.17. The lowest BCUT2D eigenvalue weighted by molar-refractivity contribution is 0.102. The van der Waals surface area contributed by atoms with Crippen LogP contribution in [0, 0.1) is 17.7 Å². The summed E-state index contributed by atoms with van der Waals surface area (Å²) in [6, 6.07) is 10.2. The summed E-state index contributed by atoms with van der Waals surface area (Å²) in [6.07, 6.45) is 0. The number of phenols is 1. The maximum Gasteiger partial charge on any atom is 0.259 e. The van der Waals surface area contributed by atoms with Gasteiger partial charge in [-0.1, -0.05) is 24.0 Å².